The molecule has 1 N–H and O–H groups in total. The molecule has 0 aliphatic heterocycles. The molecular weight excluding hydrogens is 493 g/mol. The SMILES string of the molecule is CCn1c(Cc2ccc(OC)c(OC)c2)nnc1SCC(=O)Nc1cc(C(F)(F)F)ccc1Cl. The minimum atomic E-state index is -4.54. The zero-order valence-corrected chi connectivity index (χ0v) is 20.1. The fourth-order valence-corrected chi connectivity index (χ4v) is 4.15. The predicted molar refractivity (Wildman–Crippen MR) is 124 cm³/mol. The van der Waals surface area contributed by atoms with Crippen molar-refractivity contribution in [1.82, 2.24) is 14.8 Å². The summed E-state index contributed by atoms with van der Waals surface area (Å²) in [6, 6.07) is 8.32. The summed E-state index contributed by atoms with van der Waals surface area (Å²) in [4.78, 5) is 12.4. The molecule has 0 spiro atoms. The molecule has 0 aliphatic carbocycles. The molecule has 0 bridgehead atoms. The first-order chi connectivity index (χ1) is 16.2. The molecule has 0 fully saturated rings. The molecule has 0 saturated carbocycles. The number of anilines is 1. The van der Waals surface area contributed by atoms with Gasteiger partial charge in [0.25, 0.3) is 0 Å². The minimum absolute atomic E-state index is 0.0141. The first-order valence-electron chi connectivity index (χ1n) is 10.1. The number of halogens is 4. The van der Waals surface area contributed by atoms with Crippen molar-refractivity contribution in [3.8, 4) is 11.5 Å². The van der Waals surface area contributed by atoms with Gasteiger partial charge in [-0.05, 0) is 42.8 Å². The van der Waals surface area contributed by atoms with Crippen molar-refractivity contribution in [1.29, 1.82) is 0 Å². The number of amides is 1. The quantitative estimate of drug-likeness (QED) is 0.390. The third-order valence-electron chi connectivity index (χ3n) is 4.82. The molecule has 34 heavy (non-hydrogen) atoms. The van der Waals surface area contributed by atoms with Gasteiger partial charge in [-0.3, -0.25) is 4.79 Å². The minimum Gasteiger partial charge on any atom is -0.493 e. The molecule has 2 aromatic carbocycles. The summed E-state index contributed by atoms with van der Waals surface area (Å²) in [7, 11) is 3.12. The van der Waals surface area contributed by atoms with Crippen LogP contribution in [0.25, 0.3) is 0 Å². The van der Waals surface area contributed by atoms with Gasteiger partial charge in [0.1, 0.15) is 5.82 Å². The van der Waals surface area contributed by atoms with Crippen LogP contribution in [0.1, 0.15) is 23.9 Å². The van der Waals surface area contributed by atoms with E-state index < -0.39 is 17.6 Å². The lowest BCUT2D eigenvalue weighted by Crippen LogP contribution is -2.16. The van der Waals surface area contributed by atoms with E-state index in [1.807, 2.05) is 23.6 Å². The molecule has 0 aliphatic rings. The average Bonchev–Trinajstić information content (AvgIpc) is 3.19. The van der Waals surface area contributed by atoms with Gasteiger partial charge in [-0.25, -0.2) is 0 Å². The second-order valence-corrected chi connectivity index (χ2v) is 8.39. The average molecular weight is 515 g/mol. The lowest BCUT2D eigenvalue weighted by atomic mass is 10.1. The third kappa shape index (κ3) is 6.15. The van der Waals surface area contributed by atoms with E-state index in [0.29, 0.717) is 35.4 Å². The number of carbonyl (C=O) groups is 1. The second kappa shape index (κ2) is 11.0. The number of benzene rings is 2. The smallest absolute Gasteiger partial charge is 0.416 e. The summed E-state index contributed by atoms with van der Waals surface area (Å²) in [6.45, 7) is 2.49. The van der Waals surface area contributed by atoms with E-state index in [1.54, 1.807) is 20.3 Å². The number of hydrogen-bond acceptors (Lipinski definition) is 6. The normalized spacial score (nSPS) is 11.4. The van der Waals surface area contributed by atoms with Gasteiger partial charge >= 0.3 is 6.18 Å². The van der Waals surface area contributed by atoms with Gasteiger partial charge in [-0.2, -0.15) is 13.2 Å². The van der Waals surface area contributed by atoms with Crippen molar-refractivity contribution in [2.75, 3.05) is 25.3 Å². The largest absolute Gasteiger partial charge is 0.493 e. The maximum Gasteiger partial charge on any atom is 0.416 e. The van der Waals surface area contributed by atoms with Crippen LogP contribution in [0.15, 0.2) is 41.6 Å². The summed E-state index contributed by atoms with van der Waals surface area (Å²) < 4.78 is 51.3. The molecular formula is C22H22ClF3N4O3S. The maximum absolute atomic E-state index is 12.9. The van der Waals surface area contributed by atoms with Crippen molar-refractivity contribution in [2.24, 2.45) is 0 Å². The van der Waals surface area contributed by atoms with Gasteiger partial charge in [0, 0.05) is 13.0 Å². The highest BCUT2D eigenvalue weighted by Gasteiger charge is 2.31. The Kier molecular flexibility index (Phi) is 8.32. The Bertz CT molecular complexity index is 1170. The second-order valence-electron chi connectivity index (χ2n) is 7.04. The number of aromatic nitrogens is 3. The van der Waals surface area contributed by atoms with Crippen LogP contribution in [-0.2, 0) is 23.9 Å². The molecule has 0 unspecified atom stereocenters. The fourth-order valence-electron chi connectivity index (χ4n) is 3.16. The number of thioether (sulfide) groups is 1. The molecule has 0 atom stereocenters. The Morgan fingerprint density at radius 1 is 1.12 bits per heavy atom. The van der Waals surface area contributed by atoms with Crippen molar-refractivity contribution in [3.05, 3.63) is 58.4 Å². The first kappa shape index (κ1) is 25.7. The fraction of sp³-hybridized carbons (Fsp3) is 0.318. The lowest BCUT2D eigenvalue weighted by Gasteiger charge is -2.12. The highest BCUT2D eigenvalue weighted by Crippen LogP contribution is 2.34. The van der Waals surface area contributed by atoms with Crippen molar-refractivity contribution in [3.63, 3.8) is 0 Å². The molecule has 7 nitrogen and oxygen atoms in total. The maximum atomic E-state index is 12.9. The summed E-state index contributed by atoms with van der Waals surface area (Å²) in [6.07, 6.45) is -4.06. The highest BCUT2D eigenvalue weighted by atomic mass is 35.5. The highest BCUT2D eigenvalue weighted by molar-refractivity contribution is 7.99. The van der Waals surface area contributed by atoms with E-state index in [9.17, 15) is 18.0 Å². The van der Waals surface area contributed by atoms with Gasteiger partial charge in [0.2, 0.25) is 5.91 Å². The molecule has 1 amide bonds. The summed E-state index contributed by atoms with van der Waals surface area (Å²) >= 11 is 7.07. The van der Waals surface area contributed by atoms with Gasteiger partial charge in [0.15, 0.2) is 16.7 Å². The Balaban J connectivity index is 1.68. The van der Waals surface area contributed by atoms with Gasteiger partial charge in [-0.15, -0.1) is 10.2 Å². The number of carbonyl (C=O) groups excluding carboxylic acids is 1. The number of methoxy groups -OCH3 is 2. The van der Waals surface area contributed by atoms with Crippen LogP contribution in [0.4, 0.5) is 18.9 Å². The predicted octanol–water partition coefficient (Wildman–Crippen LogP) is 5.31. The van der Waals surface area contributed by atoms with E-state index in [2.05, 4.69) is 15.5 Å². The van der Waals surface area contributed by atoms with Crippen molar-refractivity contribution < 1.29 is 27.4 Å². The zero-order chi connectivity index (χ0) is 24.9. The van der Waals surface area contributed by atoms with E-state index in [4.69, 9.17) is 21.1 Å². The Morgan fingerprint density at radius 3 is 2.50 bits per heavy atom. The van der Waals surface area contributed by atoms with E-state index >= 15 is 0 Å². The van der Waals surface area contributed by atoms with Crippen molar-refractivity contribution in [2.45, 2.75) is 31.2 Å². The summed E-state index contributed by atoms with van der Waals surface area (Å²) in [5.74, 6) is 1.31. The lowest BCUT2D eigenvalue weighted by molar-refractivity contribution is -0.137. The Labute approximate surface area is 203 Å². The summed E-state index contributed by atoms with van der Waals surface area (Å²) in [5, 5.41) is 11.4. The molecule has 3 aromatic rings. The van der Waals surface area contributed by atoms with Crippen LogP contribution in [0, 0.1) is 0 Å². The van der Waals surface area contributed by atoms with E-state index in [0.717, 1.165) is 35.5 Å². The molecule has 0 saturated heterocycles. The molecule has 12 heteroatoms. The third-order valence-corrected chi connectivity index (χ3v) is 6.12. The molecule has 1 aromatic heterocycles. The molecule has 182 valence electrons. The first-order valence-corrected chi connectivity index (χ1v) is 11.4. The zero-order valence-electron chi connectivity index (χ0n) is 18.6. The molecule has 0 radical (unpaired) electrons. The number of hydrogen-bond donors (Lipinski definition) is 1. The Morgan fingerprint density at radius 2 is 1.85 bits per heavy atom. The number of ether oxygens (including phenoxy) is 2. The number of alkyl halides is 3. The summed E-state index contributed by atoms with van der Waals surface area (Å²) in [5.41, 5.74) is -0.0631. The van der Waals surface area contributed by atoms with Crippen molar-refractivity contribution >= 4 is 35.0 Å². The van der Waals surface area contributed by atoms with E-state index in [1.165, 1.54) is 0 Å². The van der Waals surface area contributed by atoms with Crippen LogP contribution in [0.3, 0.4) is 0 Å². The van der Waals surface area contributed by atoms with E-state index in [-0.39, 0.29) is 16.5 Å². The van der Waals surface area contributed by atoms with Crippen LogP contribution in [0.2, 0.25) is 5.02 Å². The van der Waals surface area contributed by atoms with Gasteiger partial charge in [-0.1, -0.05) is 29.4 Å². The number of rotatable bonds is 9. The van der Waals surface area contributed by atoms with Gasteiger partial charge < -0.3 is 19.4 Å². The number of nitrogens with one attached hydrogen (secondary N) is 1. The monoisotopic (exact) mass is 514 g/mol. The van der Waals surface area contributed by atoms with Gasteiger partial charge in [0.05, 0.1) is 36.2 Å². The Hall–Kier alpha value is -2.92. The molecule has 1 heterocycles. The van der Waals surface area contributed by atoms with Crippen LogP contribution >= 0.6 is 23.4 Å². The standard InChI is InChI=1S/C22H22ClF3N4O3S/c1-4-30-19(10-13-5-8-17(32-2)18(9-13)33-3)28-29-21(30)34-12-20(31)27-16-11-14(22(24,25)26)6-7-15(16)23/h5-9,11H,4,10,12H2,1-3H3,(H,27,31). The van der Waals surface area contributed by atoms with Crippen LogP contribution in [0.5, 0.6) is 11.5 Å². The number of nitrogens with zero attached hydrogens (tertiary/aromatic N) is 3. The van der Waals surface area contributed by atoms with Crippen LogP contribution in [-0.4, -0.2) is 40.6 Å². The van der Waals surface area contributed by atoms with Crippen LogP contribution < -0.4 is 14.8 Å². The molecule has 3 rings (SSSR count). The topological polar surface area (TPSA) is 78.3 Å².